The highest BCUT2D eigenvalue weighted by Gasteiger charge is 2.29. The van der Waals surface area contributed by atoms with E-state index in [9.17, 15) is 9.59 Å². The minimum Gasteiger partial charge on any atom is -0.484 e. The minimum absolute atomic E-state index is 0.0535. The van der Waals surface area contributed by atoms with Crippen molar-refractivity contribution in [2.45, 2.75) is 19.4 Å². The molecular weight excluding hydrogens is 364 g/mol. The number of halogens is 1. The lowest BCUT2D eigenvalue weighted by molar-refractivity contribution is -0.136. The first-order valence-corrected chi connectivity index (χ1v) is 9.48. The summed E-state index contributed by atoms with van der Waals surface area (Å²) in [4.78, 5) is 26.3. The van der Waals surface area contributed by atoms with Gasteiger partial charge < -0.3 is 15.0 Å². The molecule has 0 aliphatic carbocycles. The predicted octanol–water partition coefficient (Wildman–Crippen LogP) is 3.48. The number of carbonyl (C=O) groups excluding carboxylic acids is 2. The summed E-state index contributed by atoms with van der Waals surface area (Å²) in [7, 11) is 0. The molecule has 5 nitrogen and oxygen atoms in total. The van der Waals surface area contributed by atoms with Crippen molar-refractivity contribution < 1.29 is 14.3 Å². The van der Waals surface area contributed by atoms with Crippen LogP contribution in [0.2, 0.25) is 5.02 Å². The molecule has 1 N–H and O–H groups in total. The van der Waals surface area contributed by atoms with Gasteiger partial charge in [0.25, 0.3) is 5.91 Å². The molecule has 1 fully saturated rings. The van der Waals surface area contributed by atoms with E-state index in [0.29, 0.717) is 35.8 Å². The Morgan fingerprint density at radius 1 is 1.19 bits per heavy atom. The van der Waals surface area contributed by atoms with E-state index in [1.165, 1.54) is 0 Å². The van der Waals surface area contributed by atoms with Crippen molar-refractivity contribution in [3.05, 3.63) is 64.7 Å². The topological polar surface area (TPSA) is 58.6 Å². The second kappa shape index (κ2) is 9.02. The van der Waals surface area contributed by atoms with Crippen LogP contribution in [0.1, 0.15) is 35.3 Å². The first-order valence-electron chi connectivity index (χ1n) is 9.11. The van der Waals surface area contributed by atoms with Crippen molar-refractivity contribution in [3.8, 4) is 5.75 Å². The second-order valence-electron chi connectivity index (χ2n) is 6.42. The zero-order chi connectivity index (χ0) is 19.2. The zero-order valence-corrected chi connectivity index (χ0v) is 16.0. The molecule has 27 heavy (non-hydrogen) atoms. The molecule has 0 spiro atoms. The Morgan fingerprint density at radius 2 is 1.93 bits per heavy atom. The van der Waals surface area contributed by atoms with Gasteiger partial charge in [-0.2, -0.15) is 0 Å². The van der Waals surface area contributed by atoms with E-state index >= 15 is 0 Å². The van der Waals surface area contributed by atoms with E-state index in [-0.39, 0.29) is 24.3 Å². The SMILES string of the molecule is CCC(=O)c1ccc(OCC(=O)N2CCNCC2c2ccccc2Cl)cc1. The first kappa shape index (κ1) is 19.4. The number of nitrogens with one attached hydrogen (secondary N) is 1. The zero-order valence-electron chi connectivity index (χ0n) is 15.3. The molecular formula is C21H23ClN2O3. The van der Waals surface area contributed by atoms with Gasteiger partial charge >= 0.3 is 0 Å². The van der Waals surface area contributed by atoms with Gasteiger partial charge in [0.05, 0.1) is 6.04 Å². The summed E-state index contributed by atoms with van der Waals surface area (Å²) in [5, 5.41) is 3.97. The number of hydrogen-bond acceptors (Lipinski definition) is 4. The Labute approximate surface area is 164 Å². The van der Waals surface area contributed by atoms with Crippen LogP contribution < -0.4 is 10.1 Å². The molecule has 1 aliphatic heterocycles. The Hall–Kier alpha value is -2.37. The molecule has 0 aromatic heterocycles. The number of ether oxygens (including phenoxy) is 1. The fourth-order valence-electron chi connectivity index (χ4n) is 3.20. The van der Waals surface area contributed by atoms with Crippen LogP contribution in [0.5, 0.6) is 5.75 Å². The van der Waals surface area contributed by atoms with Crippen molar-refractivity contribution in [1.82, 2.24) is 10.2 Å². The second-order valence-corrected chi connectivity index (χ2v) is 6.83. The van der Waals surface area contributed by atoms with Gasteiger partial charge in [-0.3, -0.25) is 9.59 Å². The van der Waals surface area contributed by atoms with Crippen LogP contribution in [-0.4, -0.2) is 42.8 Å². The predicted molar refractivity (Wildman–Crippen MR) is 105 cm³/mol. The third-order valence-electron chi connectivity index (χ3n) is 4.69. The summed E-state index contributed by atoms with van der Waals surface area (Å²) in [6, 6.07) is 14.4. The Balaban J connectivity index is 1.65. The van der Waals surface area contributed by atoms with Crippen LogP contribution in [0.3, 0.4) is 0 Å². The van der Waals surface area contributed by atoms with Crippen molar-refractivity contribution in [2.24, 2.45) is 0 Å². The van der Waals surface area contributed by atoms with E-state index in [1.807, 2.05) is 36.1 Å². The Kier molecular flexibility index (Phi) is 6.48. The van der Waals surface area contributed by atoms with Gasteiger partial charge in [-0.25, -0.2) is 0 Å². The van der Waals surface area contributed by atoms with Crippen LogP contribution in [0.25, 0.3) is 0 Å². The first-order chi connectivity index (χ1) is 13.1. The molecule has 6 heteroatoms. The molecule has 1 amide bonds. The van der Waals surface area contributed by atoms with Crippen LogP contribution in [0.4, 0.5) is 0 Å². The highest BCUT2D eigenvalue weighted by molar-refractivity contribution is 6.31. The van der Waals surface area contributed by atoms with E-state index in [0.717, 1.165) is 12.1 Å². The number of rotatable bonds is 6. The van der Waals surface area contributed by atoms with Gasteiger partial charge in [0.15, 0.2) is 12.4 Å². The maximum atomic E-state index is 12.8. The molecule has 3 rings (SSSR count). The van der Waals surface area contributed by atoms with Crippen molar-refractivity contribution in [3.63, 3.8) is 0 Å². The van der Waals surface area contributed by atoms with Gasteiger partial charge in [0.1, 0.15) is 5.75 Å². The largest absolute Gasteiger partial charge is 0.484 e. The Bertz CT molecular complexity index is 807. The molecule has 142 valence electrons. The van der Waals surface area contributed by atoms with E-state index in [1.54, 1.807) is 24.3 Å². The maximum Gasteiger partial charge on any atom is 0.261 e. The summed E-state index contributed by atoms with van der Waals surface area (Å²) in [5.74, 6) is 0.566. The normalized spacial score (nSPS) is 16.8. The average molecular weight is 387 g/mol. The third-order valence-corrected chi connectivity index (χ3v) is 5.03. The van der Waals surface area contributed by atoms with Crippen LogP contribution in [0, 0.1) is 0 Å². The van der Waals surface area contributed by atoms with E-state index in [2.05, 4.69) is 5.32 Å². The number of carbonyl (C=O) groups is 2. The maximum absolute atomic E-state index is 12.8. The highest BCUT2D eigenvalue weighted by Crippen LogP contribution is 2.28. The summed E-state index contributed by atoms with van der Waals surface area (Å²) in [6.07, 6.45) is 0.463. The van der Waals surface area contributed by atoms with E-state index in [4.69, 9.17) is 16.3 Å². The van der Waals surface area contributed by atoms with Gasteiger partial charge in [0.2, 0.25) is 0 Å². The number of benzene rings is 2. The van der Waals surface area contributed by atoms with Crippen molar-refractivity contribution in [1.29, 1.82) is 0 Å². The van der Waals surface area contributed by atoms with Crippen LogP contribution in [0.15, 0.2) is 48.5 Å². The molecule has 1 saturated heterocycles. The third kappa shape index (κ3) is 4.67. The highest BCUT2D eigenvalue weighted by atomic mass is 35.5. The summed E-state index contributed by atoms with van der Waals surface area (Å²) in [5.41, 5.74) is 1.58. The number of nitrogens with zero attached hydrogens (tertiary/aromatic N) is 1. The van der Waals surface area contributed by atoms with Crippen molar-refractivity contribution >= 4 is 23.3 Å². The molecule has 1 atom stereocenters. The average Bonchev–Trinajstić information content (AvgIpc) is 2.72. The fourth-order valence-corrected chi connectivity index (χ4v) is 3.46. The number of ketones is 1. The van der Waals surface area contributed by atoms with Gasteiger partial charge in [0, 0.05) is 36.6 Å². The summed E-state index contributed by atoms with van der Waals surface area (Å²) in [6.45, 7) is 3.77. The number of hydrogen-bond donors (Lipinski definition) is 1. The Morgan fingerprint density at radius 3 is 2.63 bits per heavy atom. The number of piperazine rings is 1. The molecule has 0 saturated carbocycles. The smallest absolute Gasteiger partial charge is 0.261 e. The lowest BCUT2D eigenvalue weighted by Gasteiger charge is -2.36. The van der Waals surface area contributed by atoms with Gasteiger partial charge in [-0.05, 0) is 35.9 Å². The molecule has 2 aromatic carbocycles. The fraction of sp³-hybridized carbons (Fsp3) is 0.333. The molecule has 1 aliphatic rings. The lowest BCUT2D eigenvalue weighted by atomic mass is 10.0. The molecule has 0 radical (unpaired) electrons. The van der Waals surface area contributed by atoms with Gasteiger partial charge in [-0.1, -0.05) is 36.7 Å². The molecule has 1 unspecified atom stereocenters. The number of amides is 1. The quantitative estimate of drug-likeness (QED) is 0.772. The van der Waals surface area contributed by atoms with Gasteiger partial charge in [-0.15, -0.1) is 0 Å². The minimum atomic E-state index is -0.117. The van der Waals surface area contributed by atoms with Crippen LogP contribution in [-0.2, 0) is 4.79 Å². The standard InChI is InChI=1S/C21H23ClN2O3/c1-2-20(25)15-7-9-16(10-8-15)27-14-21(26)24-12-11-23-13-19(24)17-5-3-4-6-18(17)22/h3-10,19,23H,2,11-14H2,1H3. The monoisotopic (exact) mass is 386 g/mol. The van der Waals surface area contributed by atoms with Crippen molar-refractivity contribution in [2.75, 3.05) is 26.2 Å². The number of Topliss-reactive ketones (excluding diaryl/α,β-unsaturated/α-hetero) is 1. The summed E-state index contributed by atoms with van der Waals surface area (Å²) >= 11 is 6.33. The van der Waals surface area contributed by atoms with E-state index < -0.39 is 0 Å². The molecule has 2 aromatic rings. The lowest BCUT2D eigenvalue weighted by Crippen LogP contribution is -2.50. The van der Waals surface area contributed by atoms with Crippen LogP contribution >= 0.6 is 11.6 Å². The summed E-state index contributed by atoms with van der Waals surface area (Å²) < 4.78 is 5.65. The molecule has 0 bridgehead atoms. The molecule has 1 heterocycles.